The quantitative estimate of drug-likeness (QED) is 0.437. The molecule has 1 rings (SSSR count). The SMILES string of the molecule is C=CCCNCc1ccc(SC)cc1. The molecule has 76 valence electrons. The molecule has 1 nitrogen and oxygen atoms in total. The van der Waals surface area contributed by atoms with Crippen molar-refractivity contribution in [2.75, 3.05) is 12.8 Å². The van der Waals surface area contributed by atoms with Gasteiger partial charge >= 0.3 is 0 Å². The van der Waals surface area contributed by atoms with Crippen LogP contribution in [0.2, 0.25) is 0 Å². The van der Waals surface area contributed by atoms with Crippen molar-refractivity contribution in [1.82, 2.24) is 5.32 Å². The normalized spacial score (nSPS) is 10.1. The van der Waals surface area contributed by atoms with E-state index >= 15 is 0 Å². The van der Waals surface area contributed by atoms with Crippen LogP contribution in [0.5, 0.6) is 0 Å². The zero-order valence-electron chi connectivity index (χ0n) is 8.62. The van der Waals surface area contributed by atoms with Crippen molar-refractivity contribution in [3.63, 3.8) is 0 Å². The Balaban J connectivity index is 2.32. The summed E-state index contributed by atoms with van der Waals surface area (Å²) in [5.74, 6) is 0. The fourth-order valence-corrected chi connectivity index (χ4v) is 1.59. The molecule has 0 aliphatic heterocycles. The lowest BCUT2D eigenvalue weighted by atomic mass is 10.2. The maximum Gasteiger partial charge on any atom is 0.0205 e. The summed E-state index contributed by atoms with van der Waals surface area (Å²) in [6, 6.07) is 8.67. The first-order valence-corrected chi connectivity index (χ1v) is 6.04. The smallest absolute Gasteiger partial charge is 0.0205 e. The molecule has 0 atom stereocenters. The van der Waals surface area contributed by atoms with Crippen molar-refractivity contribution in [2.45, 2.75) is 17.9 Å². The van der Waals surface area contributed by atoms with E-state index in [1.807, 2.05) is 6.08 Å². The molecule has 0 aromatic heterocycles. The summed E-state index contributed by atoms with van der Waals surface area (Å²) >= 11 is 1.78. The predicted molar refractivity (Wildman–Crippen MR) is 64.7 cm³/mol. The van der Waals surface area contributed by atoms with Crippen molar-refractivity contribution < 1.29 is 0 Å². The second kappa shape index (κ2) is 6.68. The Hall–Kier alpha value is -0.730. The molecule has 1 aromatic rings. The van der Waals surface area contributed by atoms with Gasteiger partial charge in [-0.15, -0.1) is 18.3 Å². The molecular weight excluding hydrogens is 190 g/mol. The molecule has 0 fully saturated rings. The average Bonchev–Trinajstić information content (AvgIpc) is 2.25. The molecule has 0 radical (unpaired) electrons. The number of benzene rings is 1. The first-order chi connectivity index (χ1) is 6.86. The van der Waals surface area contributed by atoms with E-state index in [0.29, 0.717) is 0 Å². The third kappa shape index (κ3) is 3.99. The fraction of sp³-hybridized carbons (Fsp3) is 0.333. The summed E-state index contributed by atoms with van der Waals surface area (Å²) in [4.78, 5) is 1.32. The van der Waals surface area contributed by atoms with Crippen molar-refractivity contribution in [2.24, 2.45) is 0 Å². The zero-order valence-corrected chi connectivity index (χ0v) is 9.44. The molecule has 1 N–H and O–H groups in total. The van der Waals surface area contributed by atoms with Gasteiger partial charge in [0.2, 0.25) is 0 Å². The maximum atomic E-state index is 3.69. The highest BCUT2D eigenvalue weighted by molar-refractivity contribution is 7.98. The van der Waals surface area contributed by atoms with Crippen LogP contribution in [0.25, 0.3) is 0 Å². The molecule has 14 heavy (non-hydrogen) atoms. The number of hydrogen-bond acceptors (Lipinski definition) is 2. The molecule has 0 unspecified atom stereocenters. The number of nitrogens with one attached hydrogen (secondary N) is 1. The second-order valence-corrected chi connectivity index (χ2v) is 3.98. The van der Waals surface area contributed by atoms with Crippen LogP contribution in [-0.4, -0.2) is 12.8 Å². The molecule has 0 aliphatic rings. The number of hydrogen-bond donors (Lipinski definition) is 1. The van der Waals surface area contributed by atoms with Gasteiger partial charge in [0.05, 0.1) is 0 Å². The molecule has 0 heterocycles. The minimum absolute atomic E-state index is 0.947. The third-order valence-electron chi connectivity index (χ3n) is 2.01. The van der Waals surface area contributed by atoms with Crippen molar-refractivity contribution in [3.8, 4) is 0 Å². The zero-order chi connectivity index (χ0) is 10.2. The Kier molecular flexibility index (Phi) is 5.42. The standard InChI is InChI=1S/C12H17NS/c1-3-4-9-13-10-11-5-7-12(14-2)8-6-11/h3,5-8,13H,1,4,9-10H2,2H3. The molecule has 0 aliphatic carbocycles. The summed E-state index contributed by atoms with van der Waals surface area (Å²) in [5, 5.41) is 3.36. The van der Waals surface area contributed by atoms with E-state index in [0.717, 1.165) is 19.5 Å². The largest absolute Gasteiger partial charge is 0.312 e. The van der Waals surface area contributed by atoms with Crippen LogP contribution in [0.3, 0.4) is 0 Å². The van der Waals surface area contributed by atoms with E-state index in [1.165, 1.54) is 10.5 Å². The van der Waals surface area contributed by atoms with Gasteiger partial charge in [-0.1, -0.05) is 18.2 Å². The first-order valence-electron chi connectivity index (χ1n) is 4.81. The van der Waals surface area contributed by atoms with Crippen LogP contribution in [0.4, 0.5) is 0 Å². The minimum Gasteiger partial charge on any atom is -0.312 e. The van der Waals surface area contributed by atoms with Crippen molar-refractivity contribution in [1.29, 1.82) is 0 Å². The monoisotopic (exact) mass is 207 g/mol. The van der Waals surface area contributed by atoms with Gasteiger partial charge in [0.15, 0.2) is 0 Å². The fourth-order valence-electron chi connectivity index (χ4n) is 1.18. The van der Waals surface area contributed by atoms with Gasteiger partial charge in [-0.25, -0.2) is 0 Å². The summed E-state index contributed by atoms with van der Waals surface area (Å²) in [5.41, 5.74) is 1.34. The van der Waals surface area contributed by atoms with Crippen molar-refractivity contribution >= 4 is 11.8 Å². The molecule has 0 bridgehead atoms. The van der Waals surface area contributed by atoms with Crippen LogP contribution in [0, 0.1) is 0 Å². The molecular formula is C12H17NS. The highest BCUT2D eigenvalue weighted by Crippen LogP contribution is 2.14. The lowest BCUT2D eigenvalue weighted by Crippen LogP contribution is -2.13. The van der Waals surface area contributed by atoms with Gasteiger partial charge < -0.3 is 5.32 Å². The van der Waals surface area contributed by atoms with E-state index in [-0.39, 0.29) is 0 Å². The van der Waals surface area contributed by atoms with E-state index in [9.17, 15) is 0 Å². The Bertz CT molecular complexity index is 266. The molecule has 0 spiro atoms. The average molecular weight is 207 g/mol. The van der Waals surface area contributed by atoms with E-state index in [2.05, 4.69) is 42.4 Å². The van der Waals surface area contributed by atoms with Crippen LogP contribution < -0.4 is 5.32 Å². The van der Waals surface area contributed by atoms with Crippen LogP contribution in [0.1, 0.15) is 12.0 Å². The maximum absolute atomic E-state index is 3.69. The Labute approximate surface area is 90.6 Å². The topological polar surface area (TPSA) is 12.0 Å². The lowest BCUT2D eigenvalue weighted by Gasteiger charge is -2.03. The van der Waals surface area contributed by atoms with Gasteiger partial charge in [0, 0.05) is 11.4 Å². The molecule has 0 saturated heterocycles. The van der Waals surface area contributed by atoms with Gasteiger partial charge in [0.1, 0.15) is 0 Å². The summed E-state index contributed by atoms with van der Waals surface area (Å²) in [7, 11) is 0. The molecule has 2 heteroatoms. The van der Waals surface area contributed by atoms with E-state index in [4.69, 9.17) is 0 Å². The molecule has 1 aromatic carbocycles. The van der Waals surface area contributed by atoms with Crippen LogP contribution in [0.15, 0.2) is 41.8 Å². The van der Waals surface area contributed by atoms with Gasteiger partial charge in [0.25, 0.3) is 0 Å². The van der Waals surface area contributed by atoms with E-state index < -0.39 is 0 Å². The van der Waals surface area contributed by atoms with Crippen molar-refractivity contribution in [3.05, 3.63) is 42.5 Å². The van der Waals surface area contributed by atoms with E-state index in [1.54, 1.807) is 11.8 Å². The van der Waals surface area contributed by atoms with Crippen LogP contribution in [-0.2, 0) is 6.54 Å². The lowest BCUT2D eigenvalue weighted by molar-refractivity contribution is 0.695. The predicted octanol–water partition coefficient (Wildman–Crippen LogP) is 3.07. The third-order valence-corrected chi connectivity index (χ3v) is 2.76. The second-order valence-electron chi connectivity index (χ2n) is 3.10. The highest BCUT2D eigenvalue weighted by atomic mass is 32.2. The Morgan fingerprint density at radius 2 is 2.07 bits per heavy atom. The number of rotatable bonds is 6. The van der Waals surface area contributed by atoms with Gasteiger partial charge in [-0.2, -0.15) is 0 Å². The summed E-state index contributed by atoms with van der Waals surface area (Å²) in [6.45, 7) is 5.64. The highest BCUT2D eigenvalue weighted by Gasteiger charge is 1.92. The molecule has 0 saturated carbocycles. The summed E-state index contributed by atoms with van der Waals surface area (Å²) in [6.07, 6.45) is 5.06. The number of thioether (sulfide) groups is 1. The Morgan fingerprint density at radius 1 is 1.36 bits per heavy atom. The first kappa shape index (κ1) is 11.3. The Morgan fingerprint density at radius 3 is 2.64 bits per heavy atom. The molecule has 0 amide bonds. The summed E-state index contributed by atoms with van der Waals surface area (Å²) < 4.78 is 0. The van der Waals surface area contributed by atoms with Gasteiger partial charge in [-0.05, 0) is 36.9 Å². The minimum atomic E-state index is 0.947. The van der Waals surface area contributed by atoms with Crippen LogP contribution >= 0.6 is 11.8 Å². The van der Waals surface area contributed by atoms with Gasteiger partial charge in [-0.3, -0.25) is 0 Å².